The predicted octanol–water partition coefficient (Wildman–Crippen LogP) is 2.87. The predicted molar refractivity (Wildman–Crippen MR) is 104 cm³/mol. The summed E-state index contributed by atoms with van der Waals surface area (Å²) in [6.45, 7) is 10.4. The standard InChI is InChI=1S/C18H26N6S/c1-14-15(2)25-18(21-14)24-10-8-23(9-11-24)17-12-16(19-13-20-17)22-6-4-3-5-7-22/h12-13H,3-11H2,1-2H3. The average molecular weight is 359 g/mol. The van der Waals surface area contributed by atoms with Gasteiger partial charge in [0, 0.05) is 50.2 Å². The smallest absolute Gasteiger partial charge is 0.185 e. The zero-order valence-corrected chi connectivity index (χ0v) is 15.9. The van der Waals surface area contributed by atoms with Gasteiger partial charge < -0.3 is 14.7 Å². The quantitative estimate of drug-likeness (QED) is 0.841. The molecule has 2 aromatic rings. The molecule has 4 rings (SSSR count). The molecule has 4 heterocycles. The van der Waals surface area contributed by atoms with Gasteiger partial charge in [-0.3, -0.25) is 0 Å². The minimum atomic E-state index is 0.980. The molecule has 0 atom stereocenters. The SMILES string of the molecule is Cc1nc(N2CCN(c3cc(N4CCCCC4)ncn3)CC2)sc1C. The summed E-state index contributed by atoms with van der Waals surface area (Å²) < 4.78 is 0. The van der Waals surface area contributed by atoms with Crippen LogP contribution in [0.15, 0.2) is 12.4 Å². The second-order valence-electron chi connectivity index (χ2n) is 6.89. The van der Waals surface area contributed by atoms with Crippen molar-refractivity contribution in [3.05, 3.63) is 23.0 Å². The lowest BCUT2D eigenvalue weighted by molar-refractivity contribution is 0.572. The molecule has 0 aliphatic carbocycles. The summed E-state index contributed by atoms with van der Waals surface area (Å²) in [6.07, 6.45) is 5.60. The molecule has 25 heavy (non-hydrogen) atoms. The van der Waals surface area contributed by atoms with E-state index in [-0.39, 0.29) is 0 Å². The Morgan fingerprint density at radius 2 is 1.40 bits per heavy atom. The van der Waals surface area contributed by atoms with E-state index in [2.05, 4.69) is 44.6 Å². The van der Waals surface area contributed by atoms with Crippen LogP contribution in [-0.4, -0.2) is 54.2 Å². The minimum Gasteiger partial charge on any atom is -0.356 e. The molecule has 2 saturated heterocycles. The molecule has 0 unspecified atom stereocenters. The van der Waals surface area contributed by atoms with Crippen LogP contribution in [0, 0.1) is 13.8 Å². The van der Waals surface area contributed by atoms with Crippen LogP contribution in [0.3, 0.4) is 0 Å². The van der Waals surface area contributed by atoms with Crippen LogP contribution in [0.5, 0.6) is 0 Å². The maximum absolute atomic E-state index is 4.70. The Labute approximate surface area is 153 Å². The van der Waals surface area contributed by atoms with Crippen molar-refractivity contribution in [1.82, 2.24) is 15.0 Å². The van der Waals surface area contributed by atoms with Gasteiger partial charge in [-0.05, 0) is 33.1 Å². The van der Waals surface area contributed by atoms with Gasteiger partial charge in [0.05, 0.1) is 5.69 Å². The van der Waals surface area contributed by atoms with Crippen molar-refractivity contribution in [2.45, 2.75) is 33.1 Å². The van der Waals surface area contributed by atoms with E-state index in [0.29, 0.717) is 0 Å². The van der Waals surface area contributed by atoms with Gasteiger partial charge in [-0.2, -0.15) is 0 Å². The topological polar surface area (TPSA) is 48.4 Å². The Kier molecular flexibility index (Phi) is 4.74. The molecule has 0 spiro atoms. The number of hydrogen-bond donors (Lipinski definition) is 0. The molecule has 0 bridgehead atoms. The zero-order chi connectivity index (χ0) is 17.2. The van der Waals surface area contributed by atoms with E-state index in [1.807, 2.05) is 0 Å². The van der Waals surface area contributed by atoms with Crippen LogP contribution in [0.2, 0.25) is 0 Å². The van der Waals surface area contributed by atoms with Crippen LogP contribution >= 0.6 is 11.3 Å². The zero-order valence-electron chi connectivity index (χ0n) is 15.1. The van der Waals surface area contributed by atoms with E-state index in [1.165, 1.54) is 24.1 Å². The van der Waals surface area contributed by atoms with Gasteiger partial charge in [-0.1, -0.05) is 0 Å². The molecule has 7 heteroatoms. The van der Waals surface area contributed by atoms with Crippen molar-refractivity contribution in [2.75, 3.05) is 54.0 Å². The third-order valence-electron chi connectivity index (χ3n) is 5.21. The van der Waals surface area contributed by atoms with Crippen molar-refractivity contribution in [2.24, 2.45) is 0 Å². The fourth-order valence-corrected chi connectivity index (χ4v) is 4.49. The molecule has 0 N–H and O–H groups in total. The van der Waals surface area contributed by atoms with E-state index >= 15 is 0 Å². The number of aromatic nitrogens is 3. The normalized spacial score (nSPS) is 18.7. The summed E-state index contributed by atoms with van der Waals surface area (Å²) in [6, 6.07) is 2.17. The van der Waals surface area contributed by atoms with Crippen LogP contribution in [0.4, 0.5) is 16.8 Å². The first-order valence-corrected chi connectivity index (χ1v) is 10.0. The lowest BCUT2D eigenvalue weighted by atomic mass is 10.1. The third kappa shape index (κ3) is 3.56. The van der Waals surface area contributed by atoms with Gasteiger partial charge in [0.2, 0.25) is 0 Å². The summed E-state index contributed by atoms with van der Waals surface area (Å²) >= 11 is 1.80. The fourth-order valence-electron chi connectivity index (χ4n) is 3.52. The minimum absolute atomic E-state index is 0.980. The van der Waals surface area contributed by atoms with Crippen molar-refractivity contribution < 1.29 is 0 Å². The average Bonchev–Trinajstić information content (AvgIpc) is 3.01. The number of piperidine rings is 1. The number of anilines is 3. The summed E-state index contributed by atoms with van der Waals surface area (Å²) in [5, 5.41) is 1.16. The van der Waals surface area contributed by atoms with Crippen molar-refractivity contribution in [3.8, 4) is 0 Å². The van der Waals surface area contributed by atoms with Gasteiger partial charge in [-0.15, -0.1) is 11.3 Å². The summed E-state index contributed by atoms with van der Waals surface area (Å²) in [4.78, 5) is 22.2. The van der Waals surface area contributed by atoms with Gasteiger partial charge in [0.25, 0.3) is 0 Å². The van der Waals surface area contributed by atoms with E-state index in [9.17, 15) is 0 Å². The number of aryl methyl sites for hydroxylation is 2. The Bertz CT molecular complexity index is 697. The molecular weight excluding hydrogens is 332 g/mol. The highest BCUT2D eigenvalue weighted by atomic mass is 32.1. The second-order valence-corrected chi connectivity index (χ2v) is 8.08. The van der Waals surface area contributed by atoms with E-state index in [4.69, 9.17) is 4.98 Å². The molecule has 2 fully saturated rings. The number of rotatable bonds is 3. The van der Waals surface area contributed by atoms with Crippen molar-refractivity contribution in [1.29, 1.82) is 0 Å². The Morgan fingerprint density at radius 3 is 2.00 bits per heavy atom. The van der Waals surface area contributed by atoms with Crippen LogP contribution < -0.4 is 14.7 Å². The van der Waals surface area contributed by atoms with E-state index < -0.39 is 0 Å². The van der Waals surface area contributed by atoms with E-state index in [1.54, 1.807) is 17.7 Å². The maximum atomic E-state index is 4.70. The number of nitrogens with zero attached hydrogens (tertiary/aromatic N) is 6. The number of thiazole rings is 1. The highest BCUT2D eigenvalue weighted by molar-refractivity contribution is 7.15. The third-order valence-corrected chi connectivity index (χ3v) is 6.34. The largest absolute Gasteiger partial charge is 0.356 e. The second kappa shape index (κ2) is 7.15. The molecule has 2 aliphatic heterocycles. The van der Waals surface area contributed by atoms with Gasteiger partial charge >= 0.3 is 0 Å². The van der Waals surface area contributed by atoms with Crippen LogP contribution in [0.1, 0.15) is 29.8 Å². The number of piperazine rings is 1. The molecule has 134 valence electrons. The van der Waals surface area contributed by atoms with Crippen LogP contribution in [0.25, 0.3) is 0 Å². The lowest BCUT2D eigenvalue weighted by Gasteiger charge is -2.35. The first kappa shape index (κ1) is 16.6. The summed E-state index contributed by atoms with van der Waals surface area (Å²) in [5.41, 5.74) is 1.16. The van der Waals surface area contributed by atoms with Crippen molar-refractivity contribution in [3.63, 3.8) is 0 Å². The molecule has 2 aliphatic rings. The molecule has 0 radical (unpaired) electrons. The highest BCUT2D eigenvalue weighted by Crippen LogP contribution is 2.27. The molecule has 0 aromatic carbocycles. The van der Waals surface area contributed by atoms with Crippen molar-refractivity contribution >= 4 is 28.1 Å². The van der Waals surface area contributed by atoms with Gasteiger partial charge in [0.15, 0.2) is 5.13 Å². The fraction of sp³-hybridized carbons (Fsp3) is 0.611. The monoisotopic (exact) mass is 358 g/mol. The van der Waals surface area contributed by atoms with Gasteiger partial charge in [0.1, 0.15) is 18.0 Å². The molecule has 0 amide bonds. The maximum Gasteiger partial charge on any atom is 0.185 e. The Balaban J connectivity index is 1.42. The summed E-state index contributed by atoms with van der Waals surface area (Å²) in [7, 11) is 0. The molecule has 2 aromatic heterocycles. The Hall–Kier alpha value is -1.89. The molecule has 6 nitrogen and oxygen atoms in total. The Morgan fingerprint density at radius 1 is 0.800 bits per heavy atom. The first-order chi connectivity index (χ1) is 12.2. The van der Waals surface area contributed by atoms with Crippen LogP contribution in [-0.2, 0) is 0 Å². The van der Waals surface area contributed by atoms with E-state index in [0.717, 1.165) is 61.7 Å². The molecular formula is C18H26N6S. The lowest BCUT2D eigenvalue weighted by Crippen LogP contribution is -2.47. The summed E-state index contributed by atoms with van der Waals surface area (Å²) in [5.74, 6) is 2.14. The number of hydrogen-bond acceptors (Lipinski definition) is 7. The highest BCUT2D eigenvalue weighted by Gasteiger charge is 2.22. The van der Waals surface area contributed by atoms with Gasteiger partial charge in [-0.25, -0.2) is 15.0 Å². The molecule has 0 saturated carbocycles. The first-order valence-electron chi connectivity index (χ1n) is 9.21.